The van der Waals surface area contributed by atoms with Gasteiger partial charge in [-0.1, -0.05) is 27.6 Å². The Morgan fingerprint density at radius 1 is 1.43 bits per heavy atom. The molecule has 1 aromatic carbocycles. The summed E-state index contributed by atoms with van der Waals surface area (Å²) >= 11 is 0. The van der Waals surface area contributed by atoms with Crippen LogP contribution in [0.15, 0.2) is 12.1 Å². The summed E-state index contributed by atoms with van der Waals surface area (Å²) in [6.07, 6.45) is -11.0. The van der Waals surface area contributed by atoms with Gasteiger partial charge in [-0.25, -0.2) is 0 Å². The zero-order valence-corrected chi connectivity index (χ0v) is 16.6. The molecule has 6 nitrogen and oxygen atoms in total. The number of esters is 1. The first-order chi connectivity index (χ1) is 22.8. The maximum Gasteiger partial charge on any atom is 0.323 e. The van der Waals surface area contributed by atoms with E-state index in [1.807, 2.05) is 0 Å². The third-order valence-corrected chi connectivity index (χ3v) is 4.33. The summed E-state index contributed by atoms with van der Waals surface area (Å²) in [5.41, 5.74) is 3.45. The van der Waals surface area contributed by atoms with Crippen molar-refractivity contribution in [1.82, 2.24) is 4.90 Å². The number of hydrogen-bond acceptors (Lipinski definition) is 6. The fourth-order valence-corrected chi connectivity index (χ4v) is 2.99. The number of piperidine rings is 1. The summed E-state index contributed by atoms with van der Waals surface area (Å²) in [5.74, 6) is -12.7. The second-order valence-electron chi connectivity index (χ2n) is 6.99. The first-order valence-electron chi connectivity index (χ1n) is 20.0. The van der Waals surface area contributed by atoms with Crippen molar-refractivity contribution in [2.24, 2.45) is 23.4 Å². The largest absolute Gasteiger partial charge is 0.493 e. The molecule has 0 aromatic heterocycles. The van der Waals surface area contributed by atoms with Gasteiger partial charge in [-0.2, -0.15) is 0 Å². The molecule has 0 amide bonds. The Labute approximate surface area is 211 Å². The second-order valence-corrected chi connectivity index (χ2v) is 6.99. The van der Waals surface area contributed by atoms with Gasteiger partial charge >= 0.3 is 5.97 Å². The van der Waals surface area contributed by atoms with Crippen LogP contribution in [0, 0.1) is 17.7 Å². The molecular weight excluding hydrogens is 380 g/mol. The van der Waals surface area contributed by atoms with Crippen molar-refractivity contribution in [1.29, 1.82) is 0 Å². The van der Waals surface area contributed by atoms with E-state index >= 15 is 0 Å². The van der Waals surface area contributed by atoms with Crippen LogP contribution in [0.5, 0.6) is 11.5 Å². The molecule has 2 N–H and O–H groups in total. The van der Waals surface area contributed by atoms with Crippen molar-refractivity contribution in [3.63, 3.8) is 0 Å². The fraction of sp³-hybridized carbons (Fsp3) is 0.708. The van der Waals surface area contributed by atoms with Crippen LogP contribution in [0.1, 0.15) is 87.7 Å². The second kappa shape index (κ2) is 9.56. The Bertz CT molecular complexity index is 1570. The average molecular weight is 441 g/mol. The van der Waals surface area contributed by atoms with Gasteiger partial charge in [-0.15, -0.1) is 0 Å². The van der Waals surface area contributed by atoms with E-state index in [0.29, 0.717) is 0 Å². The van der Waals surface area contributed by atoms with E-state index in [0.717, 1.165) is 7.11 Å². The minimum Gasteiger partial charge on any atom is -0.493 e. The number of nitrogens with zero attached hydrogens (tertiary/aromatic N) is 1. The number of fused-ring (bicyclic) bond motifs is 3. The number of rotatable bonds is 7. The predicted molar refractivity (Wildman–Crippen MR) is 118 cm³/mol. The highest BCUT2D eigenvalue weighted by Crippen LogP contribution is 2.44. The minimum absolute atomic E-state index is 0.0424. The lowest BCUT2D eigenvalue weighted by molar-refractivity contribution is -0.160. The molecule has 3 unspecified atom stereocenters. The molecule has 168 valence electrons. The van der Waals surface area contributed by atoms with Gasteiger partial charge in [-0.05, 0) is 47.8 Å². The molecule has 1 saturated heterocycles. The quantitative estimate of drug-likeness (QED) is 0.654. The topological polar surface area (TPSA) is 74.0 Å². The highest BCUT2D eigenvalue weighted by Gasteiger charge is 2.41. The summed E-state index contributed by atoms with van der Waals surface area (Å²) in [5, 5.41) is 0. The smallest absolute Gasteiger partial charge is 0.323 e. The monoisotopic (exact) mass is 440 g/mol. The molecule has 2 aliphatic heterocycles. The minimum atomic E-state index is -4.18. The van der Waals surface area contributed by atoms with Crippen molar-refractivity contribution >= 4 is 5.97 Å². The third kappa shape index (κ3) is 4.75. The van der Waals surface area contributed by atoms with Crippen LogP contribution in [-0.4, -0.2) is 50.1 Å². The van der Waals surface area contributed by atoms with Crippen LogP contribution in [0.4, 0.5) is 0 Å². The molecule has 6 heteroatoms. The Morgan fingerprint density at radius 2 is 2.20 bits per heavy atom. The van der Waals surface area contributed by atoms with E-state index < -0.39 is 129 Å². The van der Waals surface area contributed by atoms with Crippen LogP contribution in [0.3, 0.4) is 0 Å². The molecule has 4 atom stereocenters. The molecule has 0 spiro atoms. The Hall–Kier alpha value is -1.79. The van der Waals surface area contributed by atoms with Gasteiger partial charge < -0.3 is 19.9 Å². The highest BCUT2D eigenvalue weighted by atomic mass is 16.5. The fourth-order valence-electron chi connectivity index (χ4n) is 2.99. The van der Waals surface area contributed by atoms with Crippen LogP contribution >= 0.6 is 0 Å². The van der Waals surface area contributed by atoms with E-state index in [-0.39, 0.29) is 4.90 Å². The highest BCUT2D eigenvalue weighted by molar-refractivity contribution is 5.76. The van der Waals surface area contributed by atoms with Gasteiger partial charge in [0, 0.05) is 53.2 Å². The van der Waals surface area contributed by atoms with E-state index in [4.69, 9.17) is 43.2 Å². The summed E-state index contributed by atoms with van der Waals surface area (Å²) in [7, 11) is -2.48. The molecule has 0 saturated carbocycles. The average Bonchev–Trinajstić information content (AvgIpc) is 2.91. The third-order valence-electron chi connectivity index (χ3n) is 4.33. The summed E-state index contributed by atoms with van der Waals surface area (Å²) in [6.45, 7) is -12.7. The van der Waals surface area contributed by atoms with Crippen LogP contribution < -0.4 is 15.2 Å². The summed E-state index contributed by atoms with van der Waals surface area (Å²) in [4.78, 5) is 13.7. The van der Waals surface area contributed by atoms with Gasteiger partial charge in [0.25, 0.3) is 0 Å². The summed E-state index contributed by atoms with van der Waals surface area (Å²) in [6, 6.07) is -9.16. The lowest BCUT2D eigenvalue weighted by Crippen LogP contribution is -2.51. The molecule has 1 fully saturated rings. The van der Waals surface area contributed by atoms with Crippen LogP contribution in [-0.2, 0) is 15.9 Å². The van der Waals surface area contributed by atoms with E-state index in [9.17, 15) is 11.6 Å². The van der Waals surface area contributed by atoms with Gasteiger partial charge in [0.05, 0.1) is 22.4 Å². The molecule has 0 radical (unpaired) electrons. The first kappa shape index (κ1) is 7.66. The van der Waals surface area contributed by atoms with Crippen molar-refractivity contribution < 1.29 is 49.2 Å². The van der Waals surface area contributed by atoms with Crippen LogP contribution in [0.2, 0.25) is 0 Å². The molecule has 30 heavy (non-hydrogen) atoms. The van der Waals surface area contributed by atoms with Crippen molar-refractivity contribution in [2.75, 3.05) is 27.1 Å². The van der Waals surface area contributed by atoms with Gasteiger partial charge in [0.1, 0.15) is 12.1 Å². The molecule has 2 aliphatic rings. The standard InChI is InChI=1S/C24H38N2O4/c1-14(2)9-17-13-26-8-7-16-10-21(28-5)22(29-6)11-18(16)19(26)12-20(17)30-24(27)23(25)15(3)4/h10-11,14-15,17,19-20,23H,7-9,12-13,25H2,1-6H3/t17?,19?,20?,23-/m0/s1/i3D3,4D3,5D3,7D2,8D2,10D,11D,12D2,13D2,15D,17D,23D. The molecule has 0 aliphatic carbocycles. The molecule has 1 aromatic rings. The predicted octanol–water partition coefficient (Wildman–Crippen LogP) is 3.56. The Morgan fingerprint density at radius 3 is 2.87 bits per heavy atom. The Balaban J connectivity index is 2.54. The summed E-state index contributed by atoms with van der Waals surface area (Å²) < 4.78 is 200. The molecule has 2 heterocycles. The zero-order valence-electron chi connectivity index (χ0n) is 38.6. The number of carbonyl (C=O) groups excluding carboxylic acids is 1. The van der Waals surface area contributed by atoms with E-state index in [1.54, 1.807) is 0 Å². The van der Waals surface area contributed by atoms with E-state index in [1.165, 1.54) is 13.8 Å². The molecular formula is C24H38N2O4. The number of nitrogens with two attached hydrogens (primary N) is 1. The number of hydrogen-bond donors (Lipinski definition) is 1. The van der Waals surface area contributed by atoms with Gasteiger partial charge in [-0.3, -0.25) is 9.69 Å². The SMILES string of the molecule is [2H]c1c(OC)c(OC([2H])([2H])[2H])c([2H])c2c1C1N(C([2H])([2H])C2([2H])[2H])C([2H])([2H])C([2H])(CC(C)C)C(OC(=O)[C@@]([2H])(N)C([2H])(C([2H])([2H])[2H])C([2H])([2H])[2H])C1([2H])[2H]. The number of carbonyl (C=O) groups is 1. The number of methoxy groups -OCH3 is 2. The maximum absolute atomic E-state index is 13.7. The van der Waals surface area contributed by atoms with Gasteiger partial charge in [0.15, 0.2) is 11.5 Å². The first-order valence-corrected chi connectivity index (χ1v) is 8.98. The van der Waals surface area contributed by atoms with Crippen molar-refractivity contribution in [2.45, 2.75) is 64.9 Å². The van der Waals surface area contributed by atoms with Crippen LogP contribution in [0.25, 0.3) is 0 Å². The lowest BCUT2D eigenvalue weighted by Gasteiger charge is -2.47. The lowest BCUT2D eigenvalue weighted by atomic mass is 9.79. The van der Waals surface area contributed by atoms with Crippen molar-refractivity contribution in [3.05, 3.63) is 23.2 Å². The van der Waals surface area contributed by atoms with Crippen molar-refractivity contribution in [3.8, 4) is 11.5 Å². The zero-order chi connectivity index (χ0) is 41.2. The van der Waals surface area contributed by atoms with Gasteiger partial charge in [0.2, 0.25) is 0 Å². The molecule has 3 rings (SSSR count). The van der Waals surface area contributed by atoms with E-state index in [2.05, 4.69) is 0 Å². The Kier molecular flexibility index (Phi) is 2.44. The molecule has 0 bridgehead atoms. The maximum atomic E-state index is 13.7. The normalized spacial score (nSPS) is 47.5. The number of ether oxygens (including phenoxy) is 3. The number of benzene rings is 1.